The number of aliphatic carboxylic acids is 1. The summed E-state index contributed by atoms with van der Waals surface area (Å²) in [7, 11) is 0. The van der Waals surface area contributed by atoms with E-state index in [1.807, 2.05) is 19.2 Å². The minimum atomic E-state index is -0.612. The maximum absolute atomic E-state index is 11.6. The third kappa shape index (κ3) is 1.51. The summed E-state index contributed by atoms with van der Waals surface area (Å²) in [4.78, 5) is 18.0. The molecule has 0 amide bonds. The van der Waals surface area contributed by atoms with Gasteiger partial charge in [0, 0.05) is 31.2 Å². The summed E-state index contributed by atoms with van der Waals surface area (Å²) in [6.07, 6.45) is 6.56. The van der Waals surface area contributed by atoms with Crippen molar-refractivity contribution in [1.29, 1.82) is 0 Å². The lowest BCUT2D eigenvalue weighted by Gasteiger charge is -2.25. The highest BCUT2D eigenvalue weighted by molar-refractivity contribution is 5.78. The van der Waals surface area contributed by atoms with Gasteiger partial charge in [0.15, 0.2) is 0 Å². The minimum absolute atomic E-state index is 0.308. The topological polar surface area (TPSA) is 53.4 Å². The average Bonchev–Trinajstić information content (AvgIpc) is 2.86. The van der Waals surface area contributed by atoms with Gasteiger partial charge in [-0.2, -0.15) is 0 Å². The van der Waals surface area contributed by atoms with Crippen molar-refractivity contribution >= 4 is 11.7 Å². The van der Waals surface area contributed by atoms with E-state index in [0.717, 1.165) is 37.1 Å². The zero-order chi connectivity index (χ0) is 12.8. The van der Waals surface area contributed by atoms with Gasteiger partial charge < -0.3 is 10.0 Å². The summed E-state index contributed by atoms with van der Waals surface area (Å²) in [5.74, 6) is -0.304. The Kier molecular flexibility index (Phi) is 2.54. The number of anilines is 1. The van der Waals surface area contributed by atoms with E-state index in [1.165, 1.54) is 0 Å². The molecule has 1 aliphatic carbocycles. The van der Waals surface area contributed by atoms with Crippen LogP contribution in [-0.4, -0.2) is 29.1 Å². The van der Waals surface area contributed by atoms with E-state index in [9.17, 15) is 9.90 Å². The van der Waals surface area contributed by atoms with Gasteiger partial charge in [0.25, 0.3) is 0 Å². The number of aromatic nitrogens is 1. The molecule has 96 valence electrons. The van der Waals surface area contributed by atoms with Gasteiger partial charge >= 0.3 is 5.97 Å². The number of carbonyl (C=O) groups is 1. The van der Waals surface area contributed by atoms with Gasteiger partial charge in [-0.1, -0.05) is 6.42 Å². The molecule has 0 aromatic carbocycles. The zero-order valence-corrected chi connectivity index (χ0v) is 10.6. The maximum atomic E-state index is 11.6. The molecule has 1 saturated heterocycles. The molecule has 3 rings (SSSR count). The molecule has 1 N–H and O–H groups in total. The first-order valence-corrected chi connectivity index (χ1v) is 6.52. The molecule has 18 heavy (non-hydrogen) atoms. The standard InChI is InChI=1S/C14H18N2O2/c1-10-7-15-6-4-12(10)16-8-11-3-2-5-14(11,9-16)13(17)18/h4,6-7,11H,2-3,5,8-9H2,1H3,(H,17,18)/t11-,14+/m0/s1. The van der Waals surface area contributed by atoms with Crippen molar-refractivity contribution in [2.75, 3.05) is 18.0 Å². The Morgan fingerprint density at radius 1 is 1.61 bits per heavy atom. The van der Waals surface area contributed by atoms with Crippen LogP contribution in [0.4, 0.5) is 5.69 Å². The highest BCUT2D eigenvalue weighted by Crippen LogP contribution is 2.50. The largest absolute Gasteiger partial charge is 0.481 e. The molecule has 2 aliphatic rings. The Balaban J connectivity index is 1.92. The second-order valence-electron chi connectivity index (χ2n) is 5.59. The number of nitrogens with zero attached hydrogens (tertiary/aromatic N) is 2. The van der Waals surface area contributed by atoms with Gasteiger partial charge in [0.2, 0.25) is 0 Å². The van der Waals surface area contributed by atoms with E-state index in [4.69, 9.17) is 0 Å². The smallest absolute Gasteiger partial charge is 0.311 e. The predicted molar refractivity (Wildman–Crippen MR) is 68.6 cm³/mol. The van der Waals surface area contributed by atoms with Crippen LogP contribution >= 0.6 is 0 Å². The summed E-state index contributed by atoms with van der Waals surface area (Å²) in [5.41, 5.74) is 1.76. The Hall–Kier alpha value is -1.58. The fourth-order valence-electron chi connectivity index (χ4n) is 3.64. The third-order valence-electron chi connectivity index (χ3n) is 4.63. The monoisotopic (exact) mass is 246 g/mol. The van der Waals surface area contributed by atoms with Crippen LogP contribution in [0.25, 0.3) is 0 Å². The van der Waals surface area contributed by atoms with Crippen LogP contribution in [0.1, 0.15) is 24.8 Å². The Labute approximate surface area is 107 Å². The molecule has 4 heteroatoms. The van der Waals surface area contributed by atoms with Gasteiger partial charge in [0.05, 0.1) is 5.41 Å². The van der Waals surface area contributed by atoms with Crippen LogP contribution < -0.4 is 4.90 Å². The lowest BCUT2D eigenvalue weighted by molar-refractivity contribution is -0.149. The first-order valence-electron chi connectivity index (χ1n) is 6.52. The van der Waals surface area contributed by atoms with Crippen LogP contribution in [0.5, 0.6) is 0 Å². The molecule has 0 radical (unpaired) electrons. The van der Waals surface area contributed by atoms with E-state index in [2.05, 4.69) is 9.88 Å². The lowest BCUT2D eigenvalue weighted by atomic mass is 9.81. The fraction of sp³-hybridized carbons (Fsp3) is 0.571. The molecule has 1 aromatic heterocycles. The minimum Gasteiger partial charge on any atom is -0.481 e. The van der Waals surface area contributed by atoms with E-state index in [-0.39, 0.29) is 0 Å². The Bertz CT molecular complexity index is 488. The number of pyridine rings is 1. The molecule has 1 aliphatic heterocycles. The van der Waals surface area contributed by atoms with Crippen molar-refractivity contribution in [2.24, 2.45) is 11.3 Å². The van der Waals surface area contributed by atoms with Gasteiger partial charge in [0.1, 0.15) is 0 Å². The van der Waals surface area contributed by atoms with Crippen molar-refractivity contribution in [3.63, 3.8) is 0 Å². The molecular weight excluding hydrogens is 228 g/mol. The molecule has 0 unspecified atom stereocenters. The van der Waals surface area contributed by atoms with Gasteiger partial charge in [-0.15, -0.1) is 0 Å². The molecular formula is C14H18N2O2. The molecule has 2 atom stereocenters. The molecule has 4 nitrogen and oxygen atoms in total. The van der Waals surface area contributed by atoms with Crippen LogP contribution in [0.15, 0.2) is 18.5 Å². The van der Waals surface area contributed by atoms with Gasteiger partial charge in [-0.05, 0) is 37.3 Å². The number of rotatable bonds is 2. The van der Waals surface area contributed by atoms with Crippen LogP contribution in [-0.2, 0) is 4.79 Å². The van der Waals surface area contributed by atoms with E-state index >= 15 is 0 Å². The second kappa shape index (κ2) is 3.97. The molecule has 0 bridgehead atoms. The highest BCUT2D eigenvalue weighted by atomic mass is 16.4. The number of hydrogen-bond donors (Lipinski definition) is 1. The van der Waals surface area contributed by atoms with Crippen molar-refractivity contribution in [3.05, 3.63) is 24.0 Å². The fourth-order valence-corrected chi connectivity index (χ4v) is 3.64. The van der Waals surface area contributed by atoms with Gasteiger partial charge in [-0.3, -0.25) is 9.78 Å². The normalized spacial score (nSPS) is 30.5. The highest BCUT2D eigenvalue weighted by Gasteiger charge is 2.54. The number of hydrogen-bond acceptors (Lipinski definition) is 3. The van der Waals surface area contributed by atoms with E-state index in [0.29, 0.717) is 12.5 Å². The van der Waals surface area contributed by atoms with Crippen molar-refractivity contribution < 1.29 is 9.90 Å². The third-order valence-corrected chi connectivity index (χ3v) is 4.63. The molecule has 1 aromatic rings. The van der Waals surface area contributed by atoms with Crippen LogP contribution in [0.2, 0.25) is 0 Å². The molecule has 1 saturated carbocycles. The number of carboxylic acid groups (broad SMARTS) is 1. The maximum Gasteiger partial charge on any atom is 0.311 e. The quantitative estimate of drug-likeness (QED) is 0.868. The molecule has 0 spiro atoms. The summed E-state index contributed by atoms with van der Waals surface area (Å²) in [6.45, 7) is 3.55. The SMILES string of the molecule is Cc1cnccc1N1C[C@@H]2CCC[C@@]2(C(=O)O)C1. The van der Waals surface area contributed by atoms with Crippen LogP contribution in [0, 0.1) is 18.3 Å². The summed E-state index contributed by atoms with van der Waals surface area (Å²) >= 11 is 0. The number of fused-ring (bicyclic) bond motifs is 1. The number of carboxylic acids is 1. The summed E-state index contributed by atoms with van der Waals surface area (Å²) in [6, 6.07) is 1.99. The summed E-state index contributed by atoms with van der Waals surface area (Å²) < 4.78 is 0. The van der Waals surface area contributed by atoms with Gasteiger partial charge in [-0.25, -0.2) is 0 Å². The van der Waals surface area contributed by atoms with Crippen molar-refractivity contribution in [3.8, 4) is 0 Å². The second-order valence-corrected chi connectivity index (χ2v) is 5.59. The Morgan fingerprint density at radius 3 is 3.11 bits per heavy atom. The zero-order valence-electron chi connectivity index (χ0n) is 10.6. The molecule has 2 fully saturated rings. The molecule has 2 heterocycles. The van der Waals surface area contributed by atoms with Crippen molar-refractivity contribution in [1.82, 2.24) is 4.98 Å². The van der Waals surface area contributed by atoms with Crippen molar-refractivity contribution in [2.45, 2.75) is 26.2 Å². The first-order chi connectivity index (χ1) is 8.63. The van der Waals surface area contributed by atoms with E-state index in [1.54, 1.807) is 6.20 Å². The lowest BCUT2D eigenvalue weighted by Crippen LogP contribution is -2.35. The summed E-state index contributed by atoms with van der Waals surface area (Å²) in [5, 5.41) is 9.57. The van der Waals surface area contributed by atoms with E-state index < -0.39 is 11.4 Å². The Morgan fingerprint density at radius 2 is 2.44 bits per heavy atom. The van der Waals surface area contributed by atoms with Crippen LogP contribution in [0.3, 0.4) is 0 Å². The number of aryl methyl sites for hydroxylation is 1. The predicted octanol–water partition coefficient (Wildman–Crippen LogP) is 2.08. The first kappa shape index (κ1) is 11.5. The average molecular weight is 246 g/mol.